The average Bonchev–Trinajstić information content (AvgIpc) is 2.77. The predicted molar refractivity (Wildman–Crippen MR) is 127 cm³/mol. The van der Waals surface area contributed by atoms with E-state index < -0.39 is 22.8 Å². The number of hydrogen-bond donors (Lipinski definition) is 3. The van der Waals surface area contributed by atoms with Gasteiger partial charge in [0.2, 0.25) is 5.43 Å². The lowest BCUT2D eigenvalue weighted by Crippen LogP contribution is -2.19. The molecular weight excluding hydrogens is 443 g/mol. The smallest absolute Gasteiger partial charge is 0.341 e. The maximum absolute atomic E-state index is 15.1. The molecule has 0 bridgehead atoms. The first kappa shape index (κ1) is 19.9. The van der Waals surface area contributed by atoms with Crippen molar-refractivity contribution in [3.05, 3.63) is 64.2 Å². The Hall–Kier alpha value is -4.73. The first-order valence-electron chi connectivity index (χ1n) is 10.3. The van der Waals surface area contributed by atoms with E-state index in [0.717, 1.165) is 6.07 Å². The Balaban J connectivity index is 1.87. The number of hydrogen-bond acceptors (Lipinski definition) is 6. The van der Waals surface area contributed by atoms with Gasteiger partial charge in [-0.25, -0.2) is 9.18 Å². The number of rotatable bonds is 2. The number of anilines is 2. The average molecular weight is 460 g/mol. The van der Waals surface area contributed by atoms with Crippen molar-refractivity contribution in [1.82, 2.24) is 9.38 Å². The molecule has 170 valence electrons. The monoisotopic (exact) mass is 460 g/mol. The third-order valence-electron chi connectivity index (χ3n) is 5.88. The molecular formula is C24H17FN4O5. The van der Waals surface area contributed by atoms with Gasteiger partial charge in [0.25, 0.3) is 0 Å². The van der Waals surface area contributed by atoms with Gasteiger partial charge in [-0.05, 0) is 18.2 Å². The number of nitrogens with one attached hydrogen (secondary N) is 1. The molecule has 0 amide bonds. The Morgan fingerprint density at radius 3 is 2.59 bits per heavy atom. The van der Waals surface area contributed by atoms with E-state index in [1.165, 1.54) is 15.5 Å². The van der Waals surface area contributed by atoms with Crippen LogP contribution in [0.4, 0.5) is 15.8 Å². The summed E-state index contributed by atoms with van der Waals surface area (Å²) in [5.41, 5.74) is 8.68. The second kappa shape index (κ2) is 6.64. The van der Waals surface area contributed by atoms with Crippen LogP contribution in [0.1, 0.15) is 10.4 Å². The van der Waals surface area contributed by atoms with Gasteiger partial charge in [0, 0.05) is 44.2 Å². The van der Waals surface area contributed by atoms with Crippen molar-refractivity contribution in [2.45, 2.75) is 0 Å². The predicted octanol–water partition coefficient (Wildman–Crippen LogP) is 4.47. The van der Waals surface area contributed by atoms with Crippen LogP contribution in [0.2, 0.25) is 0 Å². The van der Waals surface area contributed by atoms with E-state index in [2.05, 4.69) is 4.98 Å². The maximum atomic E-state index is 15.1. The summed E-state index contributed by atoms with van der Waals surface area (Å²) in [6, 6.07) is 9.60. The summed E-state index contributed by atoms with van der Waals surface area (Å²) < 4.78 is 28.8. The summed E-state index contributed by atoms with van der Waals surface area (Å²) >= 11 is 0. The molecule has 0 aliphatic carbocycles. The third kappa shape index (κ3) is 2.65. The molecule has 0 spiro atoms. The molecule has 4 N–H and O–H groups in total. The van der Waals surface area contributed by atoms with E-state index in [9.17, 15) is 14.7 Å². The Bertz CT molecular complexity index is 1920. The molecule has 0 saturated heterocycles. The van der Waals surface area contributed by atoms with Crippen molar-refractivity contribution in [3.63, 3.8) is 0 Å². The van der Waals surface area contributed by atoms with Gasteiger partial charge in [0.1, 0.15) is 16.8 Å². The fourth-order valence-corrected chi connectivity index (χ4v) is 4.37. The molecule has 6 rings (SSSR count). The lowest BCUT2D eigenvalue weighted by Gasteiger charge is -2.19. The number of aromatic amines is 1. The Kier molecular flexibility index (Phi) is 3.89. The van der Waals surface area contributed by atoms with Crippen LogP contribution in [0.5, 0.6) is 0 Å². The van der Waals surface area contributed by atoms with Crippen LogP contribution in [0.15, 0.2) is 56.2 Å². The maximum Gasteiger partial charge on any atom is 0.341 e. The lowest BCUT2D eigenvalue weighted by molar-refractivity contribution is 0.0695. The van der Waals surface area contributed by atoms with Gasteiger partial charge in [-0.1, -0.05) is 0 Å². The van der Waals surface area contributed by atoms with Crippen LogP contribution in [-0.4, -0.2) is 34.6 Å². The minimum atomic E-state index is -1.41. The van der Waals surface area contributed by atoms with E-state index in [-0.39, 0.29) is 22.2 Å². The number of halogens is 1. The van der Waals surface area contributed by atoms with E-state index >= 15 is 4.39 Å². The number of H-pyrrole nitrogens is 1. The van der Waals surface area contributed by atoms with E-state index in [1.54, 1.807) is 44.4 Å². The number of pyridine rings is 1. The summed E-state index contributed by atoms with van der Waals surface area (Å²) in [7, 11) is 3.30. The largest absolute Gasteiger partial charge is 0.477 e. The Morgan fingerprint density at radius 1 is 1.09 bits per heavy atom. The van der Waals surface area contributed by atoms with Crippen molar-refractivity contribution in [2.24, 2.45) is 0 Å². The van der Waals surface area contributed by atoms with Crippen LogP contribution < -0.4 is 16.1 Å². The highest BCUT2D eigenvalue weighted by atomic mass is 19.1. The Morgan fingerprint density at radius 2 is 1.85 bits per heavy atom. The summed E-state index contributed by atoms with van der Waals surface area (Å²) in [5.74, 6) is -2.12. The number of aromatic carboxylic acids is 1. The normalized spacial score (nSPS) is 11.9. The van der Waals surface area contributed by atoms with Crippen LogP contribution >= 0.6 is 0 Å². The first-order valence-corrected chi connectivity index (χ1v) is 10.3. The van der Waals surface area contributed by atoms with Gasteiger partial charge in [0.05, 0.1) is 21.9 Å². The zero-order valence-electron chi connectivity index (χ0n) is 18.0. The van der Waals surface area contributed by atoms with Gasteiger partial charge in [-0.15, -0.1) is 0 Å². The summed E-state index contributed by atoms with van der Waals surface area (Å²) in [6.45, 7) is 0. The number of benzene rings is 3. The van der Waals surface area contributed by atoms with Gasteiger partial charge in [-0.3, -0.25) is 4.79 Å². The molecule has 0 unspecified atom stereocenters. The molecule has 0 aliphatic heterocycles. The summed E-state index contributed by atoms with van der Waals surface area (Å²) in [6.07, 6.45) is 1.23. The van der Waals surface area contributed by atoms with Crippen molar-refractivity contribution >= 4 is 67.1 Å². The number of aromatic nitrogens is 2. The molecule has 3 heterocycles. The molecule has 3 aromatic heterocycles. The third-order valence-corrected chi connectivity index (χ3v) is 5.88. The molecule has 0 radical (unpaired) electrons. The van der Waals surface area contributed by atoms with Gasteiger partial charge < -0.3 is 34.0 Å². The summed E-state index contributed by atoms with van der Waals surface area (Å²) in [5, 5.41) is 9.53. The fourth-order valence-electron chi connectivity index (χ4n) is 4.37. The first-order chi connectivity index (χ1) is 16.2. The highest BCUT2D eigenvalue weighted by Gasteiger charge is 2.23. The molecule has 9 nitrogen and oxygen atoms in total. The molecule has 0 fully saturated rings. The van der Waals surface area contributed by atoms with E-state index in [0.29, 0.717) is 39.0 Å². The van der Waals surface area contributed by atoms with Crippen LogP contribution in [-0.2, 0) is 0 Å². The number of carbonyl (C=O) groups is 1. The van der Waals surface area contributed by atoms with Crippen LogP contribution in [0, 0.1) is 5.82 Å². The summed E-state index contributed by atoms with van der Waals surface area (Å²) in [4.78, 5) is 29.5. The van der Waals surface area contributed by atoms with Gasteiger partial charge >= 0.3 is 5.97 Å². The number of fused-ring (bicyclic) bond motifs is 4. The number of nitrogens with zero attached hydrogens (tertiary/aromatic N) is 2. The molecule has 0 atom stereocenters. The molecule has 3 aromatic carbocycles. The zero-order chi connectivity index (χ0) is 23.9. The van der Waals surface area contributed by atoms with Crippen molar-refractivity contribution < 1.29 is 23.1 Å². The number of carboxylic acid groups (broad SMARTS) is 1. The molecule has 6 aromatic rings. The zero-order valence-corrected chi connectivity index (χ0v) is 18.0. The van der Waals surface area contributed by atoms with E-state index in [1.807, 2.05) is 0 Å². The molecule has 0 aliphatic rings. The van der Waals surface area contributed by atoms with E-state index in [4.69, 9.17) is 14.6 Å². The number of nitrogens with two attached hydrogens (primary N) is 1. The van der Waals surface area contributed by atoms with Gasteiger partial charge in [0.15, 0.2) is 28.1 Å². The highest BCUT2D eigenvalue weighted by Crippen LogP contribution is 2.36. The Labute approximate surface area is 189 Å². The highest BCUT2D eigenvalue weighted by molar-refractivity contribution is 6.06. The second-order valence-corrected chi connectivity index (χ2v) is 8.27. The quantitative estimate of drug-likeness (QED) is 0.197. The number of carboxylic acids is 1. The minimum absolute atomic E-state index is 0.0986. The van der Waals surface area contributed by atoms with Crippen LogP contribution in [0.3, 0.4) is 0 Å². The molecule has 34 heavy (non-hydrogen) atoms. The van der Waals surface area contributed by atoms with Crippen molar-refractivity contribution in [3.8, 4) is 0 Å². The SMILES string of the molecule is CN(C)c1c(F)cc2c(=O)c(C(=O)O)cn3c4cc5oc6cc(N)ccc6[nH]c5cc4oc1c23. The van der Waals surface area contributed by atoms with Crippen LogP contribution in [0.25, 0.3) is 49.8 Å². The second-order valence-electron chi connectivity index (χ2n) is 8.27. The minimum Gasteiger partial charge on any atom is -0.477 e. The molecule has 0 saturated carbocycles. The van der Waals surface area contributed by atoms with Crippen molar-refractivity contribution in [2.75, 3.05) is 24.7 Å². The molecule has 10 heteroatoms. The lowest BCUT2D eigenvalue weighted by atomic mass is 10.1. The topological polar surface area (TPSA) is 130 Å². The van der Waals surface area contributed by atoms with Crippen molar-refractivity contribution in [1.29, 1.82) is 0 Å². The van der Waals surface area contributed by atoms with Gasteiger partial charge in [-0.2, -0.15) is 0 Å². The number of nitrogen functional groups attached to an aromatic ring is 1. The fraction of sp³-hybridized carbons (Fsp3) is 0.0833. The standard InChI is InChI=1S/C24H17FN4O5/c1-28(2)21-13(25)6-11-20-23(21)34-19-7-15-18(33-17-5-10(26)3-4-14(17)27-15)8-16(19)29(20)9-12(22(11)30)24(31)32/h3-9,27H,26H2,1-2H3,(H,31,32).